The maximum atomic E-state index is 5.96. The first-order valence-electron chi connectivity index (χ1n) is 5.01. The van der Waals surface area contributed by atoms with E-state index < -0.39 is 0 Å². The van der Waals surface area contributed by atoms with Gasteiger partial charge in [0, 0.05) is 17.2 Å². The van der Waals surface area contributed by atoms with Crippen LogP contribution in [0.1, 0.15) is 19.7 Å². The Hall–Kier alpha value is -1.28. The number of oxazole rings is 1. The molecule has 0 spiro atoms. The van der Waals surface area contributed by atoms with Crippen LogP contribution >= 0.6 is 11.6 Å². The van der Waals surface area contributed by atoms with Gasteiger partial charge in [-0.15, -0.1) is 0 Å². The summed E-state index contributed by atoms with van der Waals surface area (Å²) in [5.41, 5.74) is 1.91. The highest BCUT2D eigenvalue weighted by molar-refractivity contribution is 6.31. The van der Waals surface area contributed by atoms with Crippen molar-refractivity contribution in [2.24, 2.45) is 0 Å². The quantitative estimate of drug-likeness (QED) is 0.712. The molecule has 0 N–H and O–H groups in total. The highest BCUT2D eigenvalue weighted by Crippen LogP contribution is 2.19. The van der Waals surface area contributed by atoms with Crippen LogP contribution in [0.2, 0.25) is 5.02 Å². The third-order valence-electron chi connectivity index (χ3n) is 2.32. The van der Waals surface area contributed by atoms with E-state index in [9.17, 15) is 0 Å². The first kappa shape index (κ1) is 10.2. The molecule has 0 radical (unpaired) electrons. The highest BCUT2D eigenvalue weighted by atomic mass is 35.5. The minimum atomic E-state index is 0.734. The summed E-state index contributed by atoms with van der Waals surface area (Å²) < 4.78 is 7.80. The zero-order valence-corrected chi connectivity index (χ0v) is 9.58. The zero-order valence-electron chi connectivity index (χ0n) is 8.83. The van der Waals surface area contributed by atoms with Crippen LogP contribution < -0.4 is 4.57 Å². The number of allylic oxidation sites excluding steroid dienone is 1. The van der Waals surface area contributed by atoms with Crippen LogP contribution in [-0.4, -0.2) is 0 Å². The Labute approximate surface area is 93.8 Å². The molecule has 1 aromatic carbocycles. The van der Waals surface area contributed by atoms with Crippen molar-refractivity contribution in [3.8, 4) is 0 Å². The van der Waals surface area contributed by atoms with Gasteiger partial charge in [-0.2, -0.15) is 4.57 Å². The summed E-state index contributed by atoms with van der Waals surface area (Å²) in [5.74, 6) is 0.859. The van der Waals surface area contributed by atoms with E-state index in [1.165, 1.54) is 0 Å². The van der Waals surface area contributed by atoms with Crippen molar-refractivity contribution in [2.75, 3.05) is 0 Å². The second kappa shape index (κ2) is 4.07. The lowest BCUT2D eigenvalue weighted by atomic mass is 10.3. The van der Waals surface area contributed by atoms with Gasteiger partial charge in [0.2, 0.25) is 5.58 Å². The SMILES string of the molecule is CC=Cc1oc2ccc(Cl)cc2[n+]1CC. The molecule has 0 saturated carbocycles. The van der Waals surface area contributed by atoms with Crippen LogP contribution in [0.3, 0.4) is 0 Å². The number of hydrogen-bond acceptors (Lipinski definition) is 1. The Morgan fingerprint density at radius 1 is 1.47 bits per heavy atom. The molecule has 3 heteroatoms. The average Bonchev–Trinajstić information content (AvgIpc) is 2.55. The number of aromatic nitrogens is 1. The smallest absolute Gasteiger partial charge is 0.373 e. The lowest BCUT2D eigenvalue weighted by Crippen LogP contribution is -2.33. The summed E-state index contributed by atoms with van der Waals surface area (Å²) in [4.78, 5) is 0. The normalized spacial score (nSPS) is 11.7. The number of hydrogen-bond donors (Lipinski definition) is 0. The number of rotatable bonds is 2. The molecular formula is C12H13ClNO+. The van der Waals surface area contributed by atoms with Crippen molar-refractivity contribution < 1.29 is 8.98 Å². The van der Waals surface area contributed by atoms with Crippen molar-refractivity contribution in [1.29, 1.82) is 0 Å². The van der Waals surface area contributed by atoms with E-state index in [1.54, 1.807) is 0 Å². The van der Waals surface area contributed by atoms with E-state index in [-0.39, 0.29) is 0 Å². The Morgan fingerprint density at radius 3 is 2.93 bits per heavy atom. The van der Waals surface area contributed by atoms with E-state index in [0.717, 1.165) is 28.6 Å². The lowest BCUT2D eigenvalue weighted by Gasteiger charge is -1.88. The van der Waals surface area contributed by atoms with Crippen molar-refractivity contribution in [2.45, 2.75) is 20.4 Å². The molecule has 1 heterocycles. The lowest BCUT2D eigenvalue weighted by molar-refractivity contribution is -0.674. The van der Waals surface area contributed by atoms with Crippen molar-refractivity contribution in [3.05, 3.63) is 35.2 Å². The second-order valence-electron chi connectivity index (χ2n) is 3.30. The van der Waals surface area contributed by atoms with Crippen LogP contribution in [0.15, 0.2) is 28.7 Å². The van der Waals surface area contributed by atoms with Crippen LogP contribution in [0, 0.1) is 0 Å². The van der Waals surface area contributed by atoms with E-state index in [2.05, 4.69) is 11.5 Å². The monoisotopic (exact) mass is 222 g/mol. The predicted molar refractivity (Wildman–Crippen MR) is 61.8 cm³/mol. The molecule has 2 rings (SSSR count). The van der Waals surface area contributed by atoms with Crippen molar-refractivity contribution >= 4 is 28.8 Å². The van der Waals surface area contributed by atoms with Crippen molar-refractivity contribution in [3.63, 3.8) is 0 Å². The Balaban J connectivity index is 2.73. The minimum absolute atomic E-state index is 0.734. The fourth-order valence-electron chi connectivity index (χ4n) is 1.67. The number of fused-ring (bicyclic) bond motifs is 1. The van der Waals surface area contributed by atoms with Gasteiger partial charge < -0.3 is 4.42 Å². The van der Waals surface area contributed by atoms with Crippen LogP contribution in [0.5, 0.6) is 0 Å². The fourth-order valence-corrected chi connectivity index (χ4v) is 1.83. The topological polar surface area (TPSA) is 17.0 Å². The molecule has 0 atom stereocenters. The fraction of sp³-hybridized carbons (Fsp3) is 0.250. The molecule has 15 heavy (non-hydrogen) atoms. The molecule has 78 valence electrons. The zero-order chi connectivity index (χ0) is 10.8. The van der Waals surface area contributed by atoms with E-state index in [1.807, 2.05) is 37.3 Å². The van der Waals surface area contributed by atoms with E-state index in [0.29, 0.717) is 0 Å². The van der Waals surface area contributed by atoms with Crippen molar-refractivity contribution in [1.82, 2.24) is 0 Å². The van der Waals surface area contributed by atoms with Gasteiger partial charge in [-0.3, -0.25) is 0 Å². The van der Waals surface area contributed by atoms with Gasteiger partial charge in [-0.1, -0.05) is 17.7 Å². The molecular weight excluding hydrogens is 210 g/mol. The molecule has 0 amide bonds. The summed E-state index contributed by atoms with van der Waals surface area (Å²) in [6, 6.07) is 5.67. The third-order valence-corrected chi connectivity index (χ3v) is 2.55. The van der Waals surface area contributed by atoms with Gasteiger partial charge >= 0.3 is 5.89 Å². The molecule has 0 unspecified atom stereocenters. The first-order chi connectivity index (χ1) is 7.26. The predicted octanol–water partition coefficient (Wildman–Crippen LogP) is 3.43. The van der Waals surface area contributed by atoms with E-state index in [4.69, 9.17) is 16.0 Å². The highest BCUT2D eigenvalue weighted by Gasteiger charge is 2.18. The summed E-state index contributed by atoms with van der Waals surface area (Å²) in [5, 5.41) is 0.734. The third kappa shape index (κ3) is 1.77. The first-order valence-corrected chi connectivity index (χ1v) is 5.38. The largest absolute Gasteiger partial charge is 0.398 e. The number of halogens is 1. The minimum Gasteiger partial charge on any atom is -0.398 e. The average molecular weight is 223 g/mol. The Kier molecular flexibility index (Phi) is 2.78. The number of nitrogens with zero attached hydrogens (tertiary/aromatic N) is 1. The number of benzene rings is 1. The van der Waals surface area contributed by atoms with Gasteiger partial charge in [0.15, 0.2) is 0 Å². The summed E-state index contributed by atoms with van der Waals surface area (Å²) in [7, 11) is 0. The Morgan fingerprint density at radius 2 is 2.27 bits per heavy atom. The Bertz CT molecular complexity index is 514. The number of aryl methyl sites for hydroxylation is 1. The molecule has 0 aliphatic heterocycles. The van der Waals surface area contributed by atoms with Crippen LogP contribution in [0.4, 0.5) is 0 Å². The van der Waals surface area contributed by atoms with Gasteiger partial charge in [-0.25, -0.2) is 0 Å². The molecule has 0 fully saturated rings. The molecule has 0 aliphatic rings. The van der Waals surface area contributed by atoms with E-state index >= 15 is 0 Å². The summed E-state index contributed by atoms with van der Waals surface area (Å²) in [6.07, 6.45) is 3.92. The maximum absolute atomic E-state index is 5.96. The standard InChI is InChI=1S/C12H13ClNO/c1-3-5-12-14(4-2)10-8-9(13)6-7-11(10)15-12/h3,5-8H,4H2,1-2H3/q+1. The van der Waals surface area contributed by atoms with Gasteiger partial charge in [-0.05, 0) is 26.0 Å². The molecule has 0 bridgehead atoms. The van der Waals surface area contributed by atoms with Gasteiger partial charge in [0.25, 0.3) is 5.52 Å². The molecule has 1 aromatic heterocycles. The molecule has 2 aromatic rings. The maximum Gasteiger partial charge on any atom is 0.373 e. The van der Waals surface area contributed by atoms with Gasteiger partial charge in [0.05, 0.1) is 0 Å². The summed E-state index contributed by atoms with van der Waals surface area (Å²) in [6.45, 7) is 4.93. The van der Waals surface area contributed by atoms with Gasteiger partial charge in [0.1, 0.15) is 6.54 Å². The van der Waals surface area contributed by atoms with Crippen LogP contribution in [0.25, 0.3) is 17.2 Å². The second-order valence-corrected chi connectivity index (χ2v) is 3.73. The summed E-state index contributed by atoms with van der Waals surface area (Å²) >= 11 is 5.96. The molecule has 0 saturated heterocycles. The van der Waals surface area contributed by atoms with Crippen LogP contribution in [-0.2, 0) is 6.54 Å². The molecule has 2 nitrogen and oxygen atoms in total. The molecule has 0 aliphatic carbocycles.